The minimum absolute atomic E-state index is 0.234. The molecule has 20 heavy (non-hydrogen) atoms. The third-order valence-corrected chi connectivity index (χ3v) is 3.10. The summed E-state index contributed by atoms with van der Waals surface area (Å²) in [6.45, 7) is 9.03. The van der Waals surface area contributed by atoms with Gasteiger partial charge in [0.05, 0.1) is 0 Å². The summed E-state index contributed by atoms with van der Waals surface area (Å²) in [6, 6.07) is 4.22. The molecule has 0 bridgehead atoms. The highest BCUT2D eigenvalue weighted by Crippen LogP contribution is 2.17. The van der Waals surface area contributed by atoms with Crippen molar-refractivity contribution in [2.75, 3.05) is 18.4 Å². The average Bonchev–Trinajstić information content (AvgIpc) is 2.79. The van der Waals surface area contributed by atoms with E-state index in [2.05, 4.69) is 10.3 Å². The molecule has 0 spiro atoms. The zero-order valence-electron chi connectivity index (χ0n) is 12.6. The van der Waals surface area contributed by atoms with E-state index in [9.17, 15) is 4.79 Å². The molecule has 1 saturated heterocycles. The number of amides is 1. The molecule has 1 fully saturated rings. The van der Waals surface area contributed by atoms with Gasteiger partial charge in [-0.1, -0.05) is 6.07 Å². The lowest BCUT2D eigenvalue weighted by Gasteiger charge is -2.24. The highest BCUT2D eigenvalue weighted by Gasteiger charge is 2.29. The van der Waals surface area contributed by atoms with Crippen molar-refractivity contribution < 1.29 is 9.53 Å². The Kier molecular flexibility index (Phi) is 4.16. The first kappa shape index (κ1) is 14.6. The molecule has 1 atom stereocenters. The van der Waals surface area contributed by atoms with Gasteiger partial charge in [0.2, 0.25) is 0 Å². The second-order valence-corrected chi connectivity index (χ2v) is 6.28. The van der Waals surface area contributed by atoms with Crippen molar-refractivity contribution >= 4 is 11.9 Å². The number of aryl methyl sites for hydroxylation is 1. The van der Waals surface area contributed by atoms with Gasteiger partial charge < -0.3 is 15.0 Å². The normalized spacial score (nSPS) is 19.0. The van der Waals surface area contributed by atoms with Crippen molar-refractivity contribution in [3.05, 3.63) is 23.9 Å². The molecule has 2 rings (SSSR count). The molecule has 0 radical (unpaired) electrons. The van der Waals surface area contributed by atoms with Gasteiger partial charge in [-0.3, -0.25) is 0 Å². The third-order valence-electron chi connectivity index (χ3n) is 3.10. The highest BCUT2D eigenvalue weighted by atomic mass is 16.6. The number of carbonyl (C=O) groups is 1. The number of ether oxygens (including phenoxy) is 1. The lowest BCUT2D eigenvalue weighted by Crippen LogP contribution is -2.36. The fourth-order valence-electron chi connectivity index (χ4n) is 2.13. The fraction of sp³-hybridized carbons (Fsp3) is 0.600. The number of aromatic nitrogens is 1. The quantitative estimate of drug-likeness (QED) is 0.903. The van der Waals surface area contributed by atoms with E-state index >= 15 is 0 Å². The Hall–Kier alpha value is -1.78. The number of hydrogen-bond donors (Lipinski definition) is 1. The minimum atomic E-state index is -0.443. The van der Waals surface area contributed by atoms with E-state index in [4.69, 9.17) is 4.74 Å². The van der Waals surface area contributed by atoms with E-state index < -0.39 is 5.60 Å². The molecule has 1 amide bonds. The monoisotopic (exact) mass is 277 g/mol. The number of pyridine rings is 1. The van der Waals surface area contributed by atoms with E-state index in [0.29, 0.717) is 6.54 Å². The van der Waals surface area contributed by atoms with Gasteiger partial charge in [-0.25, -0.2) is 9.78 Å². The number of hydrogen-bond acceptors (Lipinski definition) is 4. The van der Waals surface area contributed by atoms with Crippen molar-refractivity contribution in [3.8, 4) is 0 Å². The zero-order chi connectivity index (χ0) is 14.8. The van der Waals surface area contributed by atoms with Crippen LogP contribution in [0.15, 0.2) is 18.3 Å². The molecule has 1 aliphatic heterocycles. The number of nitrogens with one attached hydrogen (secondary N) is 1. The van der Waals surface area contributed by atoms with E-state index in [1.807, 2.05) is 46.0 Å². The molecular formula is C15H23N3O2. The predicted octanol–water partition coefficient (Wildman–Crippen LogP) is 2.81. The number of nitrogens with zero attached hydrogens (tertiary/aromatic N) is 2. The Morgan fingerprint density at radius 2 is 2.20 bits per heavy atom. The van der Waals surface area contributed by atoms with Gasteiger partial charge in [0.25, 0.3) is 0 Å². The predicted molar refractivity (Wildman–Crippen MR) is 78.8 cm³/mol. The van der Waals surface area contributed by atoms with Crippen LogP contribution < -0.4 is 5.32 Å². The zero-order valence-corrected chi connectivity index (χ0v) is 12.6. The molecule has 0 aromatic carbocycles. The van der Waals surface area contributed by atoms with Crippen molar-refractivity contribution in [1.82, 2.24) is 9.88 Å². The smallest absolute Gasteiger partial charge is 0.410 e. The molecule has 1 aliphatic rings. The number of carbonyl (C=O) groups excluding carboxylic acids is 1. The van der Waals surface area contributed by atoms with Gasteiger partial charge in [-0.05, 0) is 45.7 Å². The van der Waals surface area contributed by atoms with E-state index in [-0.39, 0.29) is 12.1 Å². The Labute approximate surface area is 120 Å². The second-order valence-electron chi connectivity index (χ2n) is 6.28. The third kappa shape index (κ3) is 4.11. The van der Waals surface area contributed by atoms with Crippen LogP contribution in [0.25, 0.3) is 0 Å². The van der Waals surface area contributed by atoms with Crippen molar-refractivity contribution in [3.63, 3.8) is 0 Å². The van der Waals surface area contributed by atoms with Crippen LogP contribution in [0.2, 0.25) is 0 Å². The Morgan fingerprint density at radius 3 is 2.80 bits per heavy atom. The Morgan fingerprint density at radius 1 is 1.45 bits per heavy atom. The minimum Gasteiger partial charge on any atom is -0.444 e. The molecule has 1 N–H and O–H groups in total. The second kappa shape index (κ2) is 5.69. The molecule has 0 saturated carbocycles. The van der Waals surface area contributed by atoms with Crippen LogP contribution in [0.4, 0.5) is 10.6 Å². The van der Waals surface area contributed by atoms with Gasteiger partial charge >= 0.3 is 6.09 Å². The van der Waals surface area contributed by atoms with E-state index in [1.165, 1.54) is 0 Å². The van der Waals surface area contributed by atoms with Gasteiger partial charge in [0, 0.05) is 25.3 Å². The van der Waals surface area contributed by atoms with E-state index in [1.54, 1.807) is 4.90 Å². The topological polar surface area (TPSA) is 54.5 Å². The highest BCUT2D eigenvalue weighted by molar-refractivity contribution is 5.68. The van der Waals surface area contributed by atoms with Crippen LogP contribution in [-0.4, -0.2) is 40.7 Å². The average molecular weight is 277 g/mol. The molecule has 110 valence electrons. The summed E-state index contributed by atoms with van der Waals surface area (Å²) in [5.41, 5.74) is 0.693. The maximum atomic E-state index is 12.0. The van der Waals surface area contributed by atoms with Gasteiger partial charge in [0.1, 0.15) is 11.4 Å². The largest absolute Gasteiger partial charge is 0.444 e. The molecular weight excluding hydrogens is 254 g/mol. The van der Waals surface area contributed by atoms with Gasteiger partial charge in [-0.2, -0.15) is 0 Å². The van der Waals surface area contributed by atoms with Crippen LogP contribution in [0.5, 0.6) is 0 Å². The summed E-state index contributed by atoms with van der Waals surface area (Å²) in [6.07, 6.45) is 2.51. The molecule has 1 aromatic heterocycles. The Bertz CT molecular complexity index is 465. The lowest BCUT2D eigenvalue weighted by molar-refractivity contribution is 0.0293. The van der Waals surface area contributed by atoms with Crippen molar-refractivity contribution in [2.45, 2.75) is 45.8 Å². The first-order valence-electron chi connectivity index (χ1n) is 7.00. The maximum Gasteiger partial charge on any atom is 0.410 e. The summed E-state index contributed by atoms with van der Waals surface area (Å²) in [7, 11) is 0. The molecule has 1 aromatic rings. The summed E-state index contributed by atoms with van der Waals surface area (Å²) in [4.78, 5) is 18.0. The van der Waals surface area contributed by atoms with Crippen LogP contribution in [0.3, 0.4) is 0 Å². The first-order chi connectivity index (χ1) is 9.33. The summed E-state index contributed by atoms with van der Waals surface area (Å²) < 4.78 is 5.38. The number of anilines is 1. The molecule has 5 nitrogen and oxygen atoms in total. The lowest BCUT2D eigenvalue weighted by atomic mass is 10.2. The van der Waals surface area contributed by atoms with Crippen molar-refractivity contribution in [2.24, 2.45) is 0 Å². The standard InChI is InChI=1S/C15H23N3O2/c1-11-5-6-13(16-9-11)17-12-7-8-18(10-12)14(19)20-15(2,3)4/h5-6,9,12H,7-8,10H2,1-4H3,(H,16,17)/t12-/m1/s1. The molecule has 0 unspecified atom stereocenters. The molecule has 0 aliphatic carbocycles. The maximum absolute atomic E-state index is 12.0. The van der Waals surface area contributed by atoms with Gasteiger partial charge in [-0.15, -0.1) is 0 Å². The number of likely N-dealkylation sites (tertiary alicyclic amines) is 1. The SMILES string of the molecule is Cc1ccc(N[C@@H]2CCN(C(=O)OC(C)(C)C)C2)nc1. The summed E-state index contributed by atoms with van der Waals surface area (Å²) in [5, 5.41) is 3.36. The van der Waals surface area contributed by atoms with Crippen molar-refractivity contribution in [1.29, 1.82) is 0 Å². The fourth-order valence-corrected chi connectivity index (χ4v) is 2.13. The molecule has 2 heterocycles. The molecule has 5 heteroatoms. The Balaban J connectivity index is 1.86. The van der Waals surface area contributed by atoms with Crippen LogP contribution in [0.1, 0.15) is 32.8 Å². The van der Waals surface area contributed by atoms with E-state index in [0.717, 1.165) is 24.3 Å². The van der Waals surface area contributed by atoms with Crippen LogP contribution in [0, 0.1) is 6.92 Å². The summed E-state index contributed by atoms with van der Waals surface area (Å²) in [5.74, 6) is 0.853. The van der Waals surface area contributed by atoms with Crippen LogP contribution >= 0.6 is 0 Å². The van der Waals surface area contributed by atoms with Gasteiger partial charge in [0.15, 0.2) is 0 Å². The van der Waals surface area contributed by atoms with Crippen LogP contribution in [-0.2, 0) is 4.74 Å². The first-order valence-corrected chi connectivity index (χ1v) is 7.00. The number of rotatable bonds is 2. The summed E-state index contributed by atoms with van der Waals surface area (Å²) >= 11 is 0.